The van der Waals surface area contributed by atoms with Crippen LogP contribution >= 0.6 is 0 Å². The van der Waals surface area contributed by atoms with Crippen LogP contribution in [0.5, 0.6) is 17.2 Å². The summed E-state index contributed by atoms with van der Waals surface area (Å²) in [7, 11) is 4.01. The van der Waals surface area contributed by atoms with Crippen LogP contribution in [0.1, 0.15) is 0 Å². The van der Waals surface area contributed by atoms with E-state index in [0.717, 1.165) is 6.54 Å². The zero-order valence-electron chi connectivity index (χ0n) is 12.4. The summed E-state index contributed by atoms with van der Waals surface area (Å²) in [4.78, 5) is 2.06. The monoisotopic (exact) mass is 287 g/mol. The van der Waals surface area contributed by atoms with Gasteiger partial charge in [0.1, 0.15) is 12.4 Å². The van der Waals surface area contributed by atoms with E-state index in [4.69, 9.17) is 20.9 Å². The summed E-state index contributed by atoms with van der Waals surface area (Å²) in [6.07, 6.45) is 0. The van der Waals surface area contributed by atoms with E-state index in [-0.39, 0.29) is 0 Å². The second-order valence-corrected chi connectivity index (χ2v) is 4.99. The topological polar surface area (TPSA) is 73.7 Å². The molecule has 0 saturated carbocycles. The van der Waals surface area contributed by atoms with Crippen LogP contribution in [0.15, 0.2) is 42.5 Å². The normalized spacial score (nSPS) is 10.6. The van der Waals surface area contributed by atoms with Gasteiger partial charge < -0.3 is 25.8 Å². The van der Waals surface area contributed by atoms with E-state index in [1.807, 2.05) is 38.4 Å². The highest BCUT2D eigenvalue weighted by Gasteiger charge is 2.07. The van der Waals surface area contributed by atoms with Crippen molar-refractivity contribution in [1.82, 2.24) is 4.90 Å². The van der Waals surface area contributed by atoms with Gasteiger partial charge in [-0.3, -0.25) is 0 Å². The molecule has 0 aromatic heterocycles. The van der Waals surface area contributed by atoms with Gasteiger partial charge in [0.05, 0.1) is 11.4 Å². The predicted octanol–water partition coefficient (Wildman–Crippen LogP) is 2.58. The molecule has 0 amide bonds. The van der Waals surface area contributed by atoms with Crippen LogP contribution in [0, 0.1) is 0 Å². The number of rotatable bonds is 6. The highest BCUT2D eigenvalue weighted by Crippen LogP contribution is 2.32. The first-order chi connectivity index (χ1) is 10.1. The van der Waals surface area contributed by atoms with Gasteiger partial charge in [-0.1, -0.05) is 12.1 Å². The summed E-state index contributed by atoms with van der Waals surface area (Å²) in [5, 5.41) is 0. The summed E-state index contributed by atoms with van der Waals surface area (Å²) in [6, 6.07) is 12.8. The Balaban J connectivity index is 2.10. The third-order valence-electron chi connectivity index (χ3n) is 2.93. The Bertz CT molecular complexity index is 600. The number of anilines is 2. The van der Waals surface area contributed by atoms with Crippen molar-refractivity contribution >= 4 is 11.4 Å². The van der Waals surface area contributed by atoms with Crippen LogP contribution in [0.3, 0.4) is 0 Å². The van der Waals surface area contributed by atoms with Crippen molar-refractivity contribution in [3.8, 4) is 17.2 Å². The zero-order valence-corrected chi connectivity index (χ0v) is 12.4. The molecule has 0 spiro atoms. The lowest BCUT2D eigenvalue weighted by molar-refractivity contribution is 0.254. The Labute approximate surface area is 125 Å². The minimum absolute atomic E-state index is 0.499. The molecule has 4 N–H and O–H groups in total. The van der Waals surface area contributed by atoms with Gasteiger partial charge in [-0.05, 0) is 38.4 Å². The summed E-state index contributed by atoms with van der Waals surface area (Å²) in [6.45, 7) is 1.43. The van der Waals surface area contributed by atoms with E-state index in [0.29, 0.717) is 35.2 Å². The van der Waals surface area contributed by atoms with Crippen LogP contribution in [0.4, 0.5) is 11.4 Å². The molecule has 2 aromatic rings. The molecule has 5 heteroatoms. The number of ether oxygens (including phenoxy) is 2. The summed E-state index contributed by atoms with van der Waals surface area (Å²) < 4.78 is 11.6. The van der Waals surface area contributed by atoms with Crippen LogP contribution < -0.4 is 20.9 Å². The number of benzene rings is 2. The molecule has 0 aliphatic carbocycles. The first kappa shape index (κ1) is 15.0. The Kier molecular flexibility index (Phi) is 4.90. The average molecular weight is 287 g/mol. The molecule has 112 valence electrons. The lowest BCUT2D eigenvalue weighted by Crippen LogP contribution is -2.19. The summed E-state index contributed by atoms with van der Waals surface area (Å²) >= 11 is 0. The first-order valence-corrected chi connectivity index (χ1v) is 6.75. The minimum Gasteiger partial charge on any atom is -0.488 e. The second kappa shape index (κ2) is 6.85. The van der Waals surface area contributed by atoms with Crippen molar-refractivity contribution < 1.29 is 9.47 Å². The number of para-hydroxylation sites is 2. The van der Waals surface area contributed by atoms with Crippen molar-refractivity contribution in [3.63, 3.8) is 0 Å². The highest BCUT2D eigenvalue weighted by molar-refractivity contribution is 5.65. The van der Waals surface area contributed by atoms with Crippen molar-refractivity contribution in [3.05, 3.63) is 42.5 Å². The number of nitrogens with two attached hydrogens (primary N) is 2. The SMILES string of the molecule is CN(C)CCOc1ccccc1Oc1ccc(N)c(N)c1. The van der Waals surface area contributed by atoms with Gasteiger partial charge in [-0.15, -0.1) is 0 Å². The number of hydrogen-bond acceptors (Lipinski definition) is 5. The van der Waals surface area contributed by atoms with Gasteiger partial charge in [0.2, 0.25) is 0 Å². The lowest BCUT2D eigenvalue weighted by Gasteiger charge is -2.14. The molecule has 0 heterocycles. The van der Waals surface area contributed by atoms with E-state index < -0.39 is 0 Å². The molecule has 0 unspecified atom stereocenters. The van der Waals surface area contributed by atoms with Gasteiger partial charge in [0.25, 0.3) is 0 Å². The van der Waals surface area contributed by atoms with Gasteiger partial charge in [0, 0.05) is 12.6 Å². The Hall–Kier alpha value is -2.40. The predicted molar refractivity (Wildman–Crippen MR) is 85.8 cm³/mol. The van der Waals surface area contributed by atoms with Gasteiger partial charge in [-0.25, -0.2) is 0 Å². The molecular weight excluding hydrogens is 266 g/mol. The molecule has 0 fully saturated rings. The third kappa shape index (κ3) is 4.29. The standard InChI is InChI=1S/C16H21N3O2/c1-19(2)9-10-20-15-5-3-4-6-16(15)21-12-7-8-13(17)14(18)11-12/h3-8,11H,9-10,17-18H2,1-2H3. The van der Waals surface area contributed by atoms with Crippen molar-refractivity contribution in [1.29, 1.82) is 0 Å². The largest absolute Gasteiger partial charge is 0.488 e. The molecule has 5 nitrogen and oxygen atoms in total. The van der Waals surface area contributed by atoms with Crippen LogP contribution in [-0.2, 0) is 0 Å². The molecule has 0 radical (unpaired) electrons. The van der Waals surface area contributed by atoms with E-state index in [1.54, 1.807) is 18.2 Å². The van der Waals surface area contributed by atoms with Gasteiger partial charge in [-0.2, -0.15) is 0 Å². The van der Waals surface area contributed by atoms with E-state index in [9.17, 15) is 0 Å². The molecule has 0 aliphatic heterocycles. The maximum absolute atomic E-state index is 5.83. The lowest BCUT2D eigenvalue weighted by atomic mass is 10.2. The number of likely N-dealkylation sites (N-methyl/N-ethyl adjacent to an activating group) is 1. The maximum atomic E-state index is 5.83. The Morgan fingerprint density at radius 1 is 0.952 bits per heavy atom. The second-order valence-electron chi connectivity index (χ2n) is 4.99. The molecule has 0 aliphatic rings. The van der Waals surface area contributed by atoms with E-state index in [2.05, 4.69) is 4.90 Å². The Morgan fingerprint density at radius 3 is 2.33 bits per heavy atom. The summed E-state index contributed by atoms with van der Waals surface area (Å²) in [5.74, 6) is 1.99. The van der Waals surface area contributed by atoms with Crippen molar-refractivity contribution in [2.75, 3.05) is 38.7 Å². The smallest absolute Gasteiger partial charge is 0.169 e. The first-order valence-electron chi connectivity index (χ1n) is 6.75. The third-order valence-corrected chi connectivity index (χ3v) is 2.93. The average Bonchev–Trinajstić information content (AvgIpc) is 2.44. The Morgan fingerprint density at radius 2 is 1.67 bits per heavy atom. The van der Waals surface area contributed by atoms with Crippen molar-refractivity contribution in [2.45, 2.75) is 0 Å². The number of nitrogen functional groups attached to an aromatic ring is 2. The van der Waals surface area contributed by atoms with E-state index in [1.165, 1.54) is 0 Å². The quantitative estimate of drug-likeness (QED) is 0.799. The molecule has 0 atom stereocenters. The number of hydrogen-bond donors (Lipinski definition) is 2. The number of nitrogens with zero attached hydrogens (tertiary/aromatic N) is 1. The maximum Gasteiger partial charge on any atom is 0.169 e. The van der Waals surface area contributed by atoms with Crippen molar-refractivity contribution in [2.24, 2.45) is 0 Å². The van der Waals surface area contributed by atoms with Crippen LogP contribution in [0.25, 0.3) is 0 Å². The van der Waals surface area contributed by atoms with Crippen LogP contribution in [0.2, 0.25) is 0 Å². The molecule has 0 bridgehead atoms. The highest BCUT2D eigenvalue weighted by atomic mass is 16.5. The fourth-order valence-corrected chi connectivity index (χ4v) is 1.74. The fourth-order valence-electron chi connectivity index (χ4n) is 1.74. The minimum atomic E-state index is 0.499. The molecule has 2 aromatic carbocycles. The summed E-state index contributed by atoms with van der Waals surface area (Å²) in [5.41, 5.74) is 12.5. The van der Waals surface area contributed by atoms with Gasteiger partial charge >= 0.3 is 0 Å². The molecular formula is C16H21N3O2. The van der Waals surface area contributed by atoms with E-state index >= 15 is 0 Å². The van der Waals surface area contributed by atoms with Gasteiger partial charge in [0.15, 0.2) is 11.5 Å². The zero-order chi connectivity index (χ0) is 15.2. The molecule has 2 rings (SSSR count). The fraction of sp³-hybridized carbons (Fsp3) is 0.250. The molecule has 21 heavy (non-hydrogen) atoms. The van der Waals surface area contributed by atoms with Crippen LogP contribution in [-0.4, -0.2) is 32.1 Å². The molecule has 0 saturated heterocycles.